The van der Waals surface area contributed by atoms with E-state index in [0.717, 1.165) is 5.56 Å². The van der Waals surface area contributed by atoms with Crippen LogP contribution in [0.3, 0.4) is 0 Å². The Bertz CT molecular complexity index is 909. The first-order chi connectivity index (χ1) is 10.1. The summed E-state index contributed by atoms with van der Waals surface area (Å²) in [6.07, 6.45) is 1.20. The van der Waals surface area contributed by atoms with Crippen molar-refractivity contribution < 1.29 is 9.21 Å². The van der Waals surface area contributed by atoms with Crippen molar-refractivity contribution in [2.24, 2.45) is 0 Å². The highest BCUT2D eigenvalue weighted by Crippen LogP contribution is 2.20. The first-order valence-corrected chi connectivity index (χ1v) is 6.77. The average molecular weight is 299 g/mol. The third-order valence-electron chi connectivity index (χ3n) is 3.29. The molecule has 0 saturated heterocycles. The van der Waals surface area contributed by atoms with Crippen LogP contribution in [0.1, 0.15) is 21.5 Å². The van der Waals surface area contributed by atoms with Crippen LogP contribution in [0.4, 0.5) is 0 Å². The van der Waals surface area contributed by atoms with Gasteiger partial charge in [0.25, 0.3) is 0 Å². The van der Waals surface area contributed by atoms with Crippen molar-refractivity contribution in [2.45, 2.75) is 6.92 Å². The number of carbonyl (C=O) groups excluding carboxylic acids is 1. The predicted octanol–water partition coefficient (Wildman–Crippen LogP) is 3.99. The van der Waals surface area contributed by atoms with Gasteiger partial charge < -0.3 is 4.42 Å². The summed E-state index contributed by atoms with van der Waals surface area (Å²) in [5.74, 6) is -0.433. The molecule has 0 aliphatic rings. The number of ketones is 1. The van der Waals surface area contributed by atoms with Gasteiger partial charge in [-0.05, 0) is 31.2 Å². The molecule has 0 radical (unpaired) electrons. The fraction of sp³-hybridized carbons (Fsp3) is 0.0588. The van der Waals surface area contributed by atoms with Crippen LogP contribution in [0.5, 0.6) is 0 Å². The Morgan fingerprint density at radius 2 is 1.86 bits per heavy atom. The number of hydrogen-bond acceptors (Lipinski definition) is 3. The lowest BCUT2D eigenvalue weighted by Crippen LogP contribution is -2.16. The molecule has 1 aromatic heterocycles. The minimum absolute atomic E-state index is 0.0128. The van der Waals surface area contributed by atoms with Gasteiger partial charge in [0.2, 0.25) is 11.2 Å². The van der Waals surface area contributed by atoms with Gasteiger partial charge in [-0.25, -0.2) is 0 Å². The molecule has 0 amide bonds. The first kappa shape index (κ1) is 13.6. The van der Waals surface area contributed by atoms with E-state index in [1.165, 1.54) is 6.26 Å². The van der Waals surface area contributed by atoms with Gasteiger partial charge >= 0.3 is 0 Å². The SMILES string of the molecule is Cc1ccc2occ(C(=O)c3ccccc3Cl)c(=O)c2c1. The number of hydrogen-bond donors (Lipinski definition) is 0. The molecule has 0 spiro atoms. The van der Waals surface area contributed by atoms with Gasteiger partial charge in [-0.1, -0.05) is 35.4 Å². The Labute approximate surface area is 125 Å². The highest BCUT2D eigenvalue weighted by molar-refractivity contribution is 6.35. The normalized spacial score (nSPS) is 10.8. The molecular formula is C17H11ClO3. The number of aryl methyl sites for hydroxylation is 1. The number of fused-ring (bicyclic) bond motifs is 1. The van der Waals surface area contributed by atoms with Gasteiger partial charge in [0.15, 0.2) is 0 Å². The molecule has 0 saturated carbocycles. The largest absolute Gasteiger partial charge is 0.463 e. The van der Waals surface area contributed by atoms with Crippen molar-refractivity contribution in [1.82, 2.24) is 0 Å². The molecule has 2 aromatic carbocycles. The zero-order chi connectivity index (χ0) is 15.0. The molecule has 0 N–H and O–H groups in total. The van der Waals surface area contributed by atoms with Gasteiger partial charge in [-0.2, -0.15) is 0 Å². The predicted molar refractivity (Wildman–Crippen MR) is 82.1 cm³/mol. The molecular weight excluding hydrogens is 288 g/mol. The van der Waals surface area contributed by atoms with Crippen LogP contribution in [-0.2, 0) is 0 Å². The van der Waals surface area contributed by atoms with Gasteiger partial charge in [0.1, 0.15) is 17.4 Å². The number of benzene rings is 2. The minimum atomic E-state index is -0.433. The second kappa shape index (κ2) is 5.19. The van der Waals surface area contributed by atoms with Crippen molar-refractivity contribution in [3.05, 3.63) is 80.7 Å². The summed E-state index contributed by atoms with van der Waals surface area (Å²) in [4.78, 5) is 25.0. The Kier molecular flexibility index (Phi) is 3.35. The van der Waals surface area contributed by atoms with Gasteiger partial charge in [0, 0.05) is 5.56 Å². The fourth-order valence-electron chi connectivity index (χ4n) is 2.19. The summed E-state index contributed by atoms with van der Waals surface area (Å²) in [7, 11) is 0. The Hall–Kier alpha value is -2.39. The Morgan fingerprint density at radius 1 is 1.10 bits per heavy atom. The molecule has 3 aromatic rings. The Morgan fingerprint density at radius 3 is 2.62 bits per heavy atom. The van der Waals surface area contributed by atoms with Gasteiger partial charge in [-0.3, -0.25) is 9.59 Å². The van der Waals surface area contributed by atoms with Crippen LogP contribution < -0.4 is 5.43 Å². The van der Waals surface area contributed by atoms with E-state index in [4.69, 9.17) is 16.0 Å². The molecule has 0 bridgehead atoms. The summed E-state index contributed by atoms with van der Waals surface area (Å²) in [6, 6.07) is 11.9. The highest BCUT2D eigenvalue weighted by Gasteiger charge is 2.18. The lowest BCUT2D eigenvalue weighted by molar-refractivity contribution is 0.103. The maximum atomic E-state index is 12.5. The number of halogens is 1. The lowest BCUT2D eigenvalue weighted by atomic mass is 10.0. The highest BCUT2D eigenvalue weighted by atomic mass is 35.5. The number of carbonyl (C=O) groups is 1. The minimum Gasteiger partial charge on any atom is -0.463 e. The van der Waals surface area contributed by atoms with Gasteiger partial charge in [-0.15, -0.1) is 0 Å². The zero-order valence-electron chi connectivity index (χ0n) is 11.2. The van der Waals surface area contributed by atoms with E-state index in [0.29, 0.717) is 21.6 Å². The molecule has 3 nitrogen and oxygen atoms in total. The second-order valence-electron chi connectivity index (χ2n) is 4.79. The molecule has 0 aliphatic heterocycles. The van der Waals surface area contributed by atoms with Crippen LogP contribution in [0.2, 0.25) is 5.02 Å². The summed E-state index contributed by atoms with van der Waals surface area (Å²) in [6.45, 7) is 1.88. The van der Waals surface area contributed by atoms with E-state index in [1.54, 1.807) is 36.4 Å². The third kappa shape index (κ3) is 2.36. The van der Waals surface area contributed by atoms with Crippen LogP contribution in [0.25, 0.3) is 11.0 Å². The molecule has 104 valence electrons. The van der Waals surface area contributed by atoms with Crippen molar-refractivity contribution in [3.63, 3.8) is 0 Å². The van der Waals surface area contributed by atoms with Crippen LogP contribution in [-0.4, -0.2) is 5.78 Å². The quantitative estimate of drug-likeness (QED) is 0.672. The molecule has 4 heteroatoms. The monoisotopic (exact) mass is 298 g/mol. The standard InChI is InChI=1S/C17H11ClO3/c1-10-6-7-15-12(8-10)17(20)13(9-21-15)16(19)11-4-2-3-5-14(11)18/h2-9H,1H3. The molecule has 3 rings (SSSR count). The molecule has 0 aliphatic carbocycles. The van der Waals surface area contributed by atoms with Gasteiger partial charge in [0.05, 0.1) is 10.4 Å². The zero-order valence-corrected chi connectivity index (χ0v) is 12.0. The van der Waals surface area contributed by atoms with Crippen molar-refractivity contribution >= 4 is 28.4 Å². The van der Waals surface area contributed by atoms with Crippen molar-refractivity contribution in [1.29, 1.82) is 0 Å². The number of rotatable bonds is 2. The first-order valence-electron chi connectivity index (χ1n) is 6.39. The lowest BCUT2D eigenvalue weighted by Gasteiger charge is -2.04. The van der Waals surface area contributed by atoms with Crippen LogP contribution in [0, 0.1) is 6.92 Å². The summed E-state index contributed by atoms with van der Waals surface area (Å²) in [5.41, 5.74) is 1.32. The smallest absolute Gasteiger partial charge is 0.203 e. The summed E-state index contributed by atoms with van der Waals surface area (Å²) >= 11 is 6.01. The van der Waals surface area contributed by atoms with Crippen molar-refractivity contribution in [2.75, 3.05) is 0 Å². The molecule has 0 unspecified atom stereocenters. The summed E-state index contributed by atoms with van der Waals surface area (Å²) in [5, 5.41) is 0.708. The summed E-state index contributed by atoms with van der Waals surface area (Å²) < 4.78 is 5.40. The Balaban J connectivity index is 2.22. The van der Waals surface area contributed by atoms with E-state index < -0.39 is 5.78 Å². The van der Waals surface area contributed by atoms with E-state index >= 15 is 0 Å². The molecule has 21 heavy (non-hydrogen) atoms. The van der Waals surface area contributed by atoms with E-state index in [9.17, 15) is 9.59 Å². The molecule has 1 heterocycles. The van der Waals surface area contributed by atoms with E-state index in [2.05, 4.69) is 0 Å². The fourth-order valence-corrected chi connectivity index (χ4v) is 2.41. The second-order valence-corrected chi connectivity index (χ2v) is 5.19. The third-order valence-corrected chi connectivity index (χ3v) is 3.62. The molecule has 0 atom stereocenters. The maximum Gasteiger partial charge on any atom is 0.203 e. The van der Waals surface area contributed by atoms with E-state index in [-0.39, 0.29) is 11.0 Å². The topological polar surface area (TPSA) is 47.3 Å². The molecule has 0 fully saturated rings. The van der Waals surface area contributed by atoms with Crippen LogP contribution in [0.15, 0.2) is 57.9 Å². The average Bonchev–Trinajstić information content (AvgIpc) is 2.48. The maximum absolute atomic E-state index is 12.5. The van der Waals surface area contributed by atoms with E-state index in [1.807, 2.05) is 13.0 Å². The van der Waals surface area contributed by atoms with Crippen molar-refractivity contribution in [3.8, 4) is 0 Å². The van der Waals surface area contributed by atoms with Crippen LogP contribution >= 0.6 is 11.6 Å².